The molecule has 3 rings (SSSR count). The molecule has 0 bridgehead atoms. The first-order valence-corrected chi connectivity index (χ1v) is 11.1. The van der Waals surface area contributed by atoms with E-state index < -0.39 is 8.07 Å². The second kappa shape index (κ2) is 4.99. The van der Waals surface area contributed by atoms with E-state index in [1.807, 2.05) is 13.0 Å². The molecule has 21 heavy (non-hydrogen) atoms. The van der Waals surface area contributed by atoms with Crippen LogP contribution in [0.25, 0.3) is 0 Å². The third-order valence-electron chi connectivity index (χ3n) is 4.44. The van der Waals surface area contributed by atoms with Crippen LogP contribution in [-0.4, -0.2) is 20.7 Å². The second-order valence-corrected chi connectivity index (χ2v) is 11.8. The lowest BCUT2D eigenvalue weighted by molar-refractivity contribution is -0.139. The molecule has 2 aliphatic rings. The molecule has 0 amide bonds. The largest absolute Gasteiger partial charge is 0.457 e. The molecule has 0 saturated carbocycles. The Morgan fingerprint density at radius 1 is 1.19 bits per heavy atom. The number of carbonyl (C=O) groups excluding carboxylic acids is 1. The molecule has 1 unspecified atom stereocenters. The van der Waals surface area contributed by atoms with Crippen molar-refractivity contribution in [2.75, 3.05) is 6.61 Å². The number of fused-ring (bicyclic) bond motifs is 1. The Morgan fingerprint density at radius 3 is 2.43 bits per heavy atom. The van der Waals surface area contributed by atoms with Crippen molar-refractivity contribution >= 4 is 14.0 Å². The Balaban J connectivity index is 2.21. The van der Waals surface area contributed by atoms with E-state index in [-0.39, 0.29) is 5.97 Å². The summed E-state index contributed by atoms with van der Waals surface area (Å²) in [6.45, 7) is 9.65. The monoisotopic (exact) mass is 298 g/mol. The van der Waals surface area contributed by atoms with Gasteiger partial charge in [-0.25, -0.2) is 4.79 Å². The zero-order chi connectivity index (χ0) is 15.2. The minimum Gasteiger partial charge on any atom is -0.457 e. The number of rotatable bonds is 3. The molecule has 1 aromatic rings. The maximum Gasteiger partial charge on any atom is 0.334 e. The van der Waals surface area contributed by atoms with Gasteiger partial charge in [0.05, 0.1) is 8.07 Å². The summed E-state index contributed by atoms with van der Waals surface area (Å²) in [4.78, 5) is 12.1. The first-order chi connectivity index (χ1) is 9.95. The molecule has 1 heterocycles. The van der Waals surface area contributed by atoms with Gasteiger partial charge in [0.1, 0.15) is 6.61 Å². The number of ether oxygens (including phenoxy) is 1. The zero-order valence-electron chi connectivity index (χ0n) is 13.2. The van der Waals surface area contributed by atoms with E-state index in [1.54, 1.807) is 5.20 Å². The highest BCUT2D eigenvalue weighted by Crippen LogP contribution is 2.54. The number of cyclic esters (lactones) is 1. The summed E-state index contributed by atoms with van der Waals surface area (Å²) in [5, 5.41) is 1.56. The summed E-state index contributed by atoms with van der Waals surface area (Å²) >= 11 is 0. The van der Waals surface area contributed by atoms with Gasteiger partial charge < -0.3 is 4.74 Å². The van der Waals surface area contributed by atoms with Gasteiger partial charge in [0.25, 0.3) is 0 Å². The Labute approximate surface area is 127 Å². The molecule has 0 aromatic heterocycles. The molecule has 1 aliphatic carbocycles. The van der Waals surface area contributed by atoms with Crippen molar-refractivity contribution in [2.24, 2.45) is 0 Å². The van der Waals surface area contributed by atoms with E-state index in [4.69, 9.17) is 4.74 Å². The smallest absolute Gasteiger partial charge is 0.334 e. The summed E-state index contributed by atoms with van der Waals surface area (Å²) < 4.78 is 5.39. The van der Waals surface area contributed by atoms with E-state index in [9.17, 15) is 4.79 Å². The van der Waals surface area contributed by atoms with E-state index in [1.165, 1.54) is 16.7 Å². The van der Waals surface area contributed by atoms with Gasteiger partial charge in [-0.05, 0) is 23.1 Å². The number of benzene rings is 1. The molecular formula is C18H22O2Si. The number of hydrogen-bond acceptors (Lipinski definition) is 2. The maximum atomic E-state index is 12.1. The maximum absolute atomic E-state index is 12.1. The fourth-order valence-corrected chi connectivity index (χ4v) is 5.90. The van der Waals surface area contributed by atoms with Crippen molar-refractivity contribution in [3.05, 3.63) is 57.8 Å². The van der Waals surface area contributed by atoms with Crippen LogP contribution in [0.15, 0.2) is 52.2 Å². The standard InChI is InChI=1S/C18H22O2Si/c1-5-13-16-14(11-20-18(13)19)17(21(2,3)4)15(16)12-9-7-6-8-10-12/h6-10,15H,5,11H2,1-4H3. The van der Waals surface area contributed by atoms with Crippen LogP contribution in [0.2, 0.25) is 19.6 Å². The van der Waals surface area contributed by atoms with Crippen LogP contribution in [0.5, 0.6) is 0 Å². The van der Waals surface area contributed by atoms with Crippen LogP contribution in [-0.2, 0) is 9.53 Å². The van der Waals surface area contributed by atoms with Crippen LogP contribution in [0.1, 0.15) is 24.8 Å². The first kappa shape index (κ1) is 14.3. The molecule has 2 nitrogen and oxygen atoms in total. The number of esters is 1. The summed E-state index contributed by atoms with van der Waals surface area (Å²) in [5.74, 6) is 0.197. The van der Waals surface area contributed by atoms with Crippen LogP contribution in [0, 0.1) is 0 Å². The lowest BCUT2D eigenvalue weighted by Crippen LogP contribution is -2.42. The lowest BCUT2D eigenvalue weighted by Gasteiger charge is -2.46. The van der Waals surface area contributed by atoms with E-state index >= 15 is 0 Å². The van der Waals surface area contributed by atoms with Gasteiger partial charge in [-0.15, -0.1) is 0 Å². The number of hydrogen-bond donors (Lipinski definition) is 0. The third-order valence-corrected chi connectivity index (χ3v) is 6.65. The Kier molecular flexibility index (Phi) is 3.40. The minimum atomic E-state index is -1.44. The Morgan fingerprint density at radius 2 is 1.86 bits per heavy atom. The lowest BCUT2D eigenvalue weighted by atomic mass is 9.72. The van der Waals surface area contributed by atoms with Crippen molar-refractivity contribution in [3.8, 4) is 0 Å². The van der Waals surface area contributed by atoms with E-state index in [0.29, 0.717) is 12.5 Å². The fraction of sp³-hybridized carbons (Fsp3) is 0.389. The van der Waals surface area contributed by atoms with Crippen molar-refractivity contribution in [1.82, 2.24) is 0 Å². The van der Waals surface area contributed by atoms with Gasteiger partial charge in [-0.2, -0.15) is 0 Å². The normalized spacial score (nSPS) is 21.9. The van der Waals surface area contributed by atoms with E-state index in [2.05, 4.69) is 43.9 Å². The number of carbonyl (C=O) groups is 1. The molecule has 0 radical (unpaired) electrons. The number of allylic oxidation sites excluding steroid dienone is 1. The molecule has 0 saturated heterocycles. The van der Waals surface area contributed by atoms with Gasteiger partial charge in [0.15, 0.2) is 0 Å². The topological polar surface area (TPSA) is 26.3 Å². The van der Waals surface area contributed by atoms with Gasteiger partial charge in [0.2, 0.25) is 0 Å². The molecular weight excluding hydrogens is 276 g/mol. The predicted octanol–water partition coefficient (Wildman–Crippen LogP) is 4.22. The fourth-order valence-electron chi connectivity index (χ4n) is 3.61. The van der Waals surface area contributed by atoms with Crippen LogP contribution >= 0.6 is 0 Å². The Hall–Kier alpha value is -1.61. The highest BCUT2D eigenvalue weighted by Gasteiger charge is 2.46. The van der Waals surface area contributed by atoms with Crippen molar-refractivity contribution < 1.29 is 9.53 Å². The average Bonchev–Trinajstić information content (AvgIpc) is 2.41. The summed E-state index contributed by atoms with van der Waals surface area (Å²) in [5.41, 5.74) is 4.78. The molecule has 1 atom stereocenters. The highest BCUT2D eigenvalue weighted by molar-refractivity contribution is 6.84. The molecule has 0 N–H and O–H groups in total. The summed E-state index contributed by atoms with van der Waals surface area (Å²) in [7, 11) is -1.44. The van der Waals surface area contributed by atoms with Crippen LogP contribution in [0.4, 0.5) is 0 Å². The van der Waals surface area contributed by atoms with E-state index in [0.717, 1.165) is 12.0 Å². The van der Waals surface area contributed by atoms with Crippen LogP contribution < -0.4 is 0 Å². The molecule has 0 fully saturated rings. The van der Waals surface area contributed by atoms with Gasteiger partial charge in [0, 0.05) is 11.5 Å². The third kappa shape index (κ3) is 2.20. The quantitative estimate of drug-likeness (QED) is 0.617. The Bertz CT molecular complexity index is 648. The molecule has 1 aliphatic heterocycles. The van der Waals surface area contributed by atoms with Crippen molar-refractivity contribution in [3.63, 3.8) is 0 Å². The van der Waals surface area contributed by atoms with Crippen molar-refractivity contribution in [1.29, 1.82) is 0 Å². The second-order valence-electron chi connectivity index (χ2n) is 6.81. The predicted molar refractivity (Wildman–Crippen MR) is 87.8 cm³/mol. The van der Waals surface area contributed by atoms with Gasteiger partial charge in [-0.3, -0.25) is 0 Å². The molecule has 1 aromatic carbocycles. The highest BCUT2D eigenvalue weighted by atomic mass is 28.3. The average molecular weight is 298 g/mol. The van der Waals surface area contributed by atoms with Crippen LogP contribution in [0.3, 0.4) is 0 Å². The van der Waals surface area contributed by atoms with Gasteiger partial charge in [-0.1, -0.05) is 62.1 Å². The summed E-state index contributed by atoms with van der Waals surface area (Å²) in [6, 6.07) is 10.6. The molecule has 0 spiro atoms. The summed E-state index contributed by atoms with van der Waals surface area (Å²) in [6.07, 6.45) is 0.750. The molecule has 110 valence electrons. The minimum absolute atomic E-state index is 0.119. The van der Waals surface area contributed by atoms with Gasteiger partial charge >= 0.3 is 5.97 Å². The first-order valence-electron chi connectivity index (χ1n) is 7.64. The SMILES string of the molecule is CCC1=C2C(=C([Si](C)(C)C)C2c2ccccc2)COC1=O. The molecule has 3 heteroatoms. The van der Waals surface area contributed by atoms with Crippen molar-refractivity contribution in [2.45, 2.75) is 38.9 Å². The zero-order valence-corrected chi connectivity index (χ0v) is 14.2.